The van der Waals surface area contributed by atoms with Gasteiger partial charge in [-0.05, 0) is 61.1 Å². The van der Waals surface area contributed by atoms with E-state index < -0.39 is 30.6 Å². The molecule has 0 radical (unpaired) electrons. The Balaban J connectivity index is 1.51. The van der Waals surface area contributed by atoms with E-state index >= 15 is 0 Å². The number of nitrogens with zero attached hydrogens (tertiary/aromatic N) is 1. The molecule has 2 aliphatic rings. The number of aliphatic hydroxyl groups excluding tert-OH is 3. The smallest absolute Gasteiger partial charge is 0.163 e. The van der Waals surface area contributed by atoms with Gasteiger partial charge in [-0.25, -0.2) is 0 Å². The number of halogens is 1. The van der Waals surface area contributed by atoms with E-state index in [1.54, 1.807) is 7.05 Å². The summed E-state index contributed by atoms with van der Waals surface area (Å²) in [7, 11) is 1.75. The lowest BCUT2D eigenvalue weighted by Gasteiger charge is -2.41. The van der Waals surface area contributed by atoms with Crippen molar-refractivity contribution in [3.63, 3.8) is 0 Å². The Hall–Kier alpha value is -1.93. The van der Waals surface area contributed by atoms with Crippen molar-refractivity contribution in [3.8, 4) is 0 Å². The maximum absolute atomic E-state index is 10.8. The quantitative estimate of drug-likeness (QED) is 0.458. The van der Waals surface area contributed by atoms with Crippen LogP contribution in [0.15, 0.2) is 48.7 Å². The first-order chi connectivity index (χ1) is 15.5. The Kier molecular flexibility index (Phi) is 6.01. The van der Waals surface area contributed by atoms with Crippen molar-refractivity contribution < 1.29 is 20.1 Å². The molecule has 1 aliphatic carbocycles. The summed E-state index contributed by atoms with van der Waals surface area (Å²) in [6.07, 6.45) is -0.0874. The van der Waals surface area contributed by atoms with Gasteiger partial charge in [-0.1, -0.05) is 41.9 Å². The molecule has 32 heavy (non-hydrogen) atoms. The van der Waals surface area contributed by atoms with Crippen molar-refractivity contribution in [1.82, 2.24) is 9.88 Å². The summed E-state index contributed by atoms with van der Waals surface area (Å²) in [4.78, 5) is 0. The van der Waals surface area contributed by atoms with Crippen LogP contribution < -0.4 is 5.32 Å². The van der Waals surface area contributed by atoms with Crippen LogP contribution in [0.5, 0.6) is 0 Å². The summed E-state index contributed by atoms with van der Waals surface area (Å²) in [6.45, 7) is 0.349. The van der Waals surface area contributed by atoms with Crippen LogP contribution in [0.2, 0.25) is 5.02 Å². The third-order valence-corrected chi connectivity index (χ3v) is 6.99. The normalized spacial score (nSPS) is 28.3. The first-order valence-corrected chi connectivity index (χ1v) is 11.6. The lowest BCUT2D eigenvalue weighted by molar-refractivity contribution is -0.242. The summed E-state index contributed by atoms with van der Waals surface area (Å²) >= 11 is 6.61. The molecule has 1 aromatic heterocycles. The predicted octanol–water partition coefficient (Wildman–Crippen LogP) is 2.96. The van der Waals surface area contributed by atoms with Crippen molar-refractivity contribution in [2.75, 3.05) is 13.6 Å². The van der Waals surface area contributed by atoms with Gasteiger partial charge >= 0.3 is 0 Å². The molecule has 6 nitrogen and oxygen atoms in total. The molecule has 0 spiro atoms. The Morgan fingerprint density at radius 1 is 1.03 bits per heavy atom. The predicted molar refractivity (Wildman–Crippen MR) is 124 cm³/mol. The topological polar surface area (TPSA) is 86.9 Å². The highest BCUT2D eigenvalue weighted by Gasteiger charge is 2.44. The minimum atomic E-state index is -1.32. The van der Waals surface area contributed by atoms with Crippen LogP contribution in [0, 0.1) is 0 Å². The third kappa shape index (κ3) is 3.96. The summed E-state index contributed by atoms with van der Waals surface area (Å²) in [5.41, 5.74) is 4.42. The Morgan fingerprint density at radius 2 is 1.78 bits per heavy atom. The number of rotatable bonds is 6. The van der Waals surface area contributed by atoms with Gasteiger partial charge in [-0.3, -0.25) is 0 Å². The Labute approximate surface area is 192 Å². The van der Waals surface area contributed by atoms with Gasteiger partial charge in [0.2, 0.25) is 0 Å². The van der Waals surface area contributed by atoms with Crippen molar-refractivity contribution in [2.24, 2.45) is 0 Å². The highest BCUT2D eigenvalue weighted by molar-refractivity contribution is 6.35. The standard InChI is InChI=1S/C25H29ClN2O4/c1-27-12-20-22(29)23(30)24(31)25(32-20)28-13-17(21-18(26)3-2-4-19(21)28)11-14-5-7-15(8-6-14)16-9-10-16/h2-8,13,16,20,22-25,27,29-31H,9-12H2,1H3/t20-,22-,23+,24-,25-/m1/s1. The SMILES string of the molecule is CNC[C@H]1O[C@@H](n2cc(Cc3ccc(C4CC4)cc3)c3c(Cl)cccc32)[C@H](O)[C@@H](O)[C@@H]1O. The number of nitrogens with one attached hydrogen (secondary N) is 1. The van der Waals surface area contributed by atoms with Gasteiger partial charge in [-0.2, -0.15) is 0 Å². The van der Waals surface area contributed by atoms with Crippen molar-refractivity contribution in [2.45, 2.75) is 55.8 Å². The minimum absolute atomic E-state index is 0.349. The third-order valence-electron chi connectivity index (χ3n) is 6.68. The average molecular weight is 457 g/mol. The minimum Gasteiger partial charge on any atom is -0.388 e. The fraction of sp³-hybridized carbons (Fsp3) is 0.440. The van der Waals surface area contributed by atoms with Crippen molar-refractivity contribution in [1.29, 1.82) is 0 Å². The zero-order valence-corrected chi connectivity index (χ0v) is 18.7. The number of likely N-dealkylation sites (N-methyl/N-ethyl adjacent to an activating group) is 1. The second kappa shape index (κ2) is 8.78. The maximum atomic E-state index is 10.8. The van der Waals surface area contributed by atoms with Gasteiger partial charge in [0.15, 0.2) is 6.23 Å². The highest BCUT2D eigenvalue weighted by Crippen LogP contribution is 2.40. The molecule has 1 saturated heterocycles. The molecular formula is C25H29ClN2O4. The molecule has 2 aromatic carbocycles. The number of ether oxygens (including phenoxy) is 1. The number of aromatic nitrogens is 1. The van der Waals surface area contributed by atoms with Crippen LogP contribution in [0.3, 0.4) is 0 Å². The highest BCUT2D eigenvalue weighted by atomic mass is 35.5. The van der Waals surface area contributed by atoms with Gasteiger partial charge in [0.05, 0.1) is 10.5 Å². The molecule has 170 valence electrons. The summed E-state index contributed by atoms with van der Waals surface area (Å²) in [5.74, 6) is 0.720. The lowest BCUT2D eigenvalue weighted by atomic mass is 9.97. The molecule has 2 heterocycles. The summed E-state index contributed by atoms with van der Waals surface area (Å²) < 4.78 is 7.90. The van der Waals surface area contributed by atoms with E-state index in [4.69, 9.17) is 16.3 Å². The second-order valence-corrected chi connectivity index (χ2v) is 9.39. The van der Waals surface area contributed by atoms with Gasteiger partial charge < -0.3 is 29.9 Å². The van der Waals surface area contributed by atoms with Gasteiger partial charge in [-0.15, -0.1) is 0 Å². The molecular weight excluding hydrogens is 428 g/mol. The molecule has 0 unspecified atom stereocenters. The van der Waals surface area contributed by atoms with E-state index in [1.165, 1.54) is 24.0 Å². The first-order valence-electron chi connectivity index (χ1n) is 11.2. The fourth-order valence-electron chi connectivity index (χ4n) is 4.77. The van der Waals surface area contributed by atoms with Crippen LogP contribution in [0.4, 0.5) is 0 Å². The second-order valence-electron chi connectivity index (χ2n) is 8.98. The van der Waals surface area contributed by atoms with Crippen molar-refractivity contribution in [3.05, 3.63) is 70.4 Å². The monoisotopic (exact) mass is 456 g/mol. The lowest BCUT2D eigenvalue weighted by Crippen LogP contribution is -2.57. The van der Waals surface area contributed by atoms with E-state index in [9.17, 15) is 15.3 Å². The molecule has 4 N–H and O–H groups in total. The zero-order valence-electron chi connectivity index (χ0n) is 18.0. The maximum Gasteiger partial charge on any atom is 0.163 e. The van der Waals surface area contributed by atoms with Crippen LogP contribution >= 0.6 is 11.6 Å². The van der Waals surface area contributed by atoms with E-state index in [2.05, 4.69) is 29.6 Å². The molecule has 1 saturated carbocycles. The molecule has 3 aromatic rings. The zero-order chi connectivity index (χ0) is 22.4. The number of hydrogen-bond donors (Lipinski definition) is 4. The first kappa shape index (κ1) is 21.9. The van der Waals surface area contributed by atoms with E-state index in [-0.39, 0.29) is 0 Å². The van der Waals surface area contributed by atoms with Crippen LogP contribution in [-0.2, 0) is 11.2 Å². The van der Waals surface area contributed by atoms with Crippen LogP contribution in [0.25, 0.3) is 10.9 Å². The van der Waals surface area contributed by atoms with Crippen LogP contribution in [-0.4, -0.2) is 57.9 Å². The van der Waals surface area contributed by atoms with Crippen LogP contribution in [0.1, 0.15) is 41.7 Å². The fourth-order valence-corrected chi connectivity index (χ4v) is 5.06. The van der Waals surface area contributed by atoms with E-state index in [0.717, 1.165) is 22.4 Å². The molecule has 7 heteroatoms. The van der Waals surface area contributed by atoms with Gasteiger partial charge in [0, 0.05) is 18.1 Å². The molecule has 0 bridgehead atoms. The van der Waals surface area contributed by atoms with Gasteiger partial charge in [0.1, 0.15) is 24.4 Å². The average Bonchev–Trinajstić information content (AvgIpc) is 3.58. The van der Waals surface area contributed by atoms with E-state index in [0.29, 0.717) is 18.0 Å². The summed E-state index contributed by atoms with van der Waals surface area (Å²) in [5, 5.41) is 36.0. The molecule has 0 amide bonds. The molecule has 1 aliphatic heterocycles. The largest absolute Gasteiger partial charge is 0.388 e. The van der Waals surface area contributed by atoms with Gasteiger partial charge in [0.25, 0.3) is 0 Å². The Morgan fingerprint density at radius 3 is 2.47 bits per heavy atom. The van der Waals surface area contributed by atoms with E-state index in [1.807, 2.05) is 29.0 Å². The molecule has 5 atom stereocenters. The number of aliphatic hydroxyl groups is 3. The summed E-state index contributed by atoms with van der Waals surface area (Å²) in [6, 6.07) is 14.4. The number of fused-ring (bicyclic) bond motifs is 1. The number of hydrogen-bond acceptors (Lipinski definition) is 5. The molecule has 2 fully saturated rings. The molecule has 5 rings (SSSR count). The Bertz CT molecular complexity index is 1100. The number of benzene rings is 2. The van der Waals surface area contributed by atoms with Crippen molar-refractivity contribution >= 4 is 22.5 Å².